The van der Waals surface area contributed by atoms with Gasteiger partial charge in [0, 0.05) is 42.3 Å². The molecular weight excluding hydrogens is 367 g/mol. The number of nitrogens with one attached hydrogen (secondary N) is 1. The number of hydrazone groups is 1. The first-order chi connectivity index (χ1) is 14.1. The molecule has 0 atom stereocenters. The van der Waals surface area contributed by atoms with E-state index >= 15 is 0 Å². The molecule has 0 bridgehead atoms. The highest BCUT2D eigenvalue weighted by Crippen LogP contribution is 2.26. The fraction of sp³-hybridized carbons (Fsp3) is 0.217. The minimum Gasteiger partial charge on any atom is -0.369 e. The molecule has 0 aliphatic carbocycles. The average molecular weight is 390 g/mol. The third-order valence-corrected chi connectivity index (χ3v) is 5.18. The van der Waals surface area contributed by atoms with Crippen LogP contribution in [0.2, 0.25) is 0 Å². The van der Waals surface area contributed by atoms with Gasteiger partial charge >= 0.3 is 0 Å². The van der Waals surface area contributed by atoms with E-state index in [9.17, 15) is 9.18 Å². The number of aromatic nitrogens is 1. The van der Waals surface area contributed by atoms with E-state index in [-0.39, 0.29) is 11.7 Å². The molecule has 2 heterocycles. The molecule has 0 unspecified atom stereocenters. The lowest BCUT2D eigenvalue weighted by molar-refractivity contribution is 0.0955. The number of nitrogens with zero attached hydrogens (tertiary/aromatic N) is 3. The van der Waals surface area contributed by atoms with Gasteiger partial charge in [0.2, 0.25) is 0 Å². The van der Waals surface area contributed by atoms with E-state index in [1.165, 1.54) is 12.3 Å². The van der Waals surface area contributed by atoms with Crippen LogP contribution in [0.1, 0.15) is 34.3 Å². The number of rotatable bonds is 5. The van der Waals surface area contributed by atoms with Crippen LogP contribution in [0.3, 0.4) is 0 Å². The largest absolute Gasteiger partial charge is 0.369 e. The summed E-state index contributed by atoms with van der Waals surface area (Å²) in [4.78, 5) is 14.4. The van der Waals surface area contributed by atoms with Gasteiger partial charge in [0.15, 0.2) is 0 Å². The van der Waals surface area contributed by atoms with Crippen LogP contribution in [0.5, 0.6) is 0 Å². The highest BCUT2D eigenvalue weighted by atomic mass is 19.1. The van der Waals surface area contributed by atoms with Crippen LogP contribution in [0.15, 0.2) is 66.0 Å². The summed E-state index contributed by atoms with van der Waals surface area (Å²) in [5.74, 6) is -0.571. The van der Waals surface area contributed by atoms with Crippen molar-refractivity contribution in [3.05, 3.63) is 83.4 Å². The lowest BCUT2D eigenvalue weighted by Gasteiger charge is -2.19. The molecule has 0 saturated carbocycles. The normalized spacial score (nSPS) is 13.9. The number of aryl methyl sites for hydroxylation is 1. The third kappa shape index (κ3) is 4.21. The maximum absolute atomic E-state index is 14.5. The first-order valence-corrected chi connectivity index (χ1v) is 9.74. The molecule has 4 rings (SSSR count). The molecule has 148 valence electrons. The van der Waals surface area contributed by atoms with Crippen LogP contribution in [0.25, 0.3) is 5.69 Å². The summed E-state index contributed by atoms with van der Waals surface area (Å²) >= 11 is 0. The van der Waals surface area contributed by atoms with Crippen molar-refractivity contribution in [3.8, 4) is 5.69 Å². The maximum Gasteiger partial charge on any atom is 0.271 e. The zero-order valence-corrected chi connectivity index (χ0v) is 16.3. The van der Waals surface area contributed by atoms with Crippen molar-refractivity contribution in [1.82, 2.24) is 9.99 Å². The van der Waals surface area contributed by atoms with Gasteiger partial charge in [-0.25, -0.2) is 9.82 Å². The number of carbonyl (C=O) groups excluding carboxylic acids is 1. The van der Waals surface area contributed by atoms with Crippen molar-refractivity contribution in [2.45, 2.75) is 19.8 Å². The molecule has 6 heteroatoms. The second-order valence-electron chi connectivity index (χ2n) is 7.19. The van der Waals surface area contributed by atoms with Gasteiger partial charge in [-0.05, 0) is 73.9 Å². The van der Waals surface area contributed by atoms with Gasteiger partial charge in [-0.2, -0.15) is 5.10 Å². The summed E-state index contributed by atoms with van der Waals surface area (Å²) in [6.07, 6.45) is 7.56. The second-order valence-corrected chi connectivity index (χ2v) is 7.19. The summed E-state index contributed by atoms with van der Waals surface area (Å²) < 4.78 is 16.5. The predicted molar refractivity (Wildman–Crippen MR) is 113 cm³/mol. The molecule has 1 fully saturated rings. The van der Waals surface area contributed by atoms with Crippen LogP contribution >= 0.6 is 0 Å². The van der Waals surface area contributed by atoms with Gasteiger partial charge in [-0.3, -0.25) is 4.79 Å². The molecule has 5 nitrogen and oxygen atoms in total. The topological polar surface area (TPSA) is 49.6 Å². The SMILES string of the molecule is Cc1cc(N2CCCC2)c(F)cc1C=NNC(=O)c1ccc(-n2cccc2)cc1. The van der Waals surface area contributed by atoms with Crippen molar-refractivity contribution in [3.63, 3.8) is 0 Å². The van der Waals surface area contributed by atoms with Crippen molar-refractivity contribution >= 4 is 17.8 Å². The number of amides is 1. The number of halogens is 1. The van der Waals surface area contributed by atoms with Crippen molar-refractivity contribution in [1.29, 1.82) is 0 Å². The number of benzene rings is 2. The van der Waals surface area contributed by atoms with Crippen molar-refractivity contribution in [2.24, 2.45) is 5.10 Å². The zero-order valence-electron chi connectivity index (χ0n) is 16.3. The molecule has 1 aromatic heterocycles. The van der Waals surface area contributed by atoms with E-state index in [1.807, 2.05) is 54.2 Å². The minimum absolute atomic E-state index is 0.258. The fourth-order valence-electron chi connectivity index (χ4n) is 3.54. The van der Waals surface area contributed by atoms with E-state index in [4.69, 9.17) is 0 Å². The first kappa shape index (κ1) is 18.9. The Morgan fingerprint density at radius 3 is 2.48 bits per heavy atom. The Morgan fingerprint density at radius 2 is 1.79 bits per heavy atom. The first-order valence-electron chi connectivity index (χ1n) is 9.74. The van der Waals surface area contributed by atoms with Crippen LogP contribution in [0.4, 0.5) is 10.1 Å². The van der Waals surface area contributed by atoms with E-state index in [1.54, 1.807) is 12.1 Å². The van der Waals surface area contributed by atoms with Gasteiger partial charge in [-0.1, -0.05) is 0 Å². The second kappa shape index (κ2) is 8.31. The van der Waals surface area contributed by atoms with Gasteiger partial charge in [0.1, 0.15) is 5.82 Å². The van der Waals surface area contributed by atoms with Gasteiger partial charge in [0.05, 0.1) is 11.9 Å². The molecule has 3 aromatic rings. The Hall–Kier alpha value is -3.41. The number of hydrogen-bond donors (Lipinski definition) is 1. The highest BCUT2D eigenvalue weighted by Gasteiger charge is 2.17. The summed E-state index contributed by atoms with van der Waals surface area (Å²) in [6.45, 7) is 3.70. The van der Waals surface area contributed by atoms with Crippen LogP contribution in [-0.4, -0.2) is 29.8 Å². The molecule has 1 aliphatic heterocycles. The van der Waals surface area contributed by atoms with E-state index in [0.29, 0.717) is 16.8 Å². The molecule has 29 heavy (non-hydrogen) atoms. The molecule has 1 amide bonds. The minimum atomic E-state index is -0.313. The van der Waals surface area contributed by atoms with Crippen LogP contribution < -0.4 is 10.3 Å². The molecular formula is C23H23FN4O. The predicted octanol–water partition coefficient (Wildman–Crippen LogP) is 4.29. The van der Waals surface area contributed by atoms with E-state index < -0.39 is 0 Å². The van der Waals surface area contributed by atoms with Crippen molar-refractivity contribution < 1.29 is 9.18 Å². The quantitative estimate of drug-likeness (QED) is 0.522. The molecule has 0 radical (unpaired) electrons. The lowest BCUT2D eigenvalue weighted by Crippen LogP contribution is -2.19. The molecule has 2 aromatic carbocycles. The smallest absolute Gasteiger partial charge is 0.271 e. The zero-order chi connectivity index (χ0) is 20.2. The molecule has 1 aliphatic rings. The molecule has 1 N–H and O–H groups in total. The number of hydrogen-bond acceptors (Lipinski definition) is 3. The Labute approximate surface area is 169 Å². The summed E-state index contributed by atoms with van der Waals surface area (Å²) in [5.41, 5.74) is 6.19. The Balaban J connectivity index is 1.42. The van der Waals surface area contributed by atoms with Gasteiger partial charge in [0.25, 0.3) is 5.91 Å². The van der Waals surface area contributed by atoms with E-state index in [2.05, 4.69) is 15.4 Å². The number of carbonyl (C=O) groups is 1. The molecule has 1 saturated heterocycles. The van der Waals surface area contributed by atoms with Crippen LogP contribution in [0, 0.1) is 12.7 Å². The average Bonchev–Trinajstić information content (AvgIpc) is 3.44. The summed E-state index contributed by atoms with van der Waals surface area (Å²) in [5, 5.41) is 4.01. The number of anilines is 1. The monoisotopic (exact) mass is 390 g/mol. The Bertz CT molecular complexity index is 1020. The standard InChI is InChI=1S/C23H23FN4O/c1-17-14-22(28-12-4-5-13-28)21(24)15-19(17)16-25-26-23(29)18-6-8-20(9-7-18)27-10-2-3-11-27/h2-3,6-11,14-16H,4-5,12-13H2,1H3,(H,26,29). The van der Waals surface area contributed by atoms with E-state index in [0.717, 1.165) is 37.2 Å². The Kier molecular flexibility index (Phi) is 5.42. The maximum atomic E-state index is 14.5. The van der Waals surface area contributed by atoms with Gasteiger partial charge < -0.3 is 9.47 Å². The fourth-order valence-corrected chi connectivity index (χ4v) is 3.54. The summed E-state index contributed by atoms with van der Waals surface area (Å²) in [7, 11) is 0. The summed E-state index contributed by atoms with van der Waals surface area (Å²) in [6, 6.07) is 14.4. The van der Waals surface area contributed by atoms with Crippen LogP contribution in [-0.2, 0) is 0 Å². The highest BCUT2D eigenvalue weighted by molar-refractivity contribution is 5.95. The lowest BCUT2D eigenvalue weighted by atomic mass is 10.1. The molecule has 0 spiro atoms. The Morgan fingerprint density at radius 1 is 1.10 bits per heavy atom. The van der Waals surface area contributed by atoms with Gasteiger partial charge in [-0.15, -0.1) is 0 Å². The third-order valence-electron chi connectivity index (χ3n) is 5.18. The van der Waals surface area contributed by atoms with Crippen molar-refractivity contribution in [2.75, 3.05) is 18.0 Å².